The molecule has 1 aliphatic heterocycles. The fraction of sp³-hybridized carbons (Fsp3) is 0.400. The predicted molar refractivity (Wildman–Crippen MR) is 89.0 cm³/mol. The van der Waals surface area contributed by atoms with Crippen LogP contribution >= 0.6 is 11.3 Å². The quantitative estimate of drug-likeness (QED) is 0.862. The average molecular weight is 337 g/mol. The second kappa shape index (κ2) is 5.98. The van der Waals surface area contributed by atoms with E-state index in [9.17, 15) is 8.42 Å². The van der Waals surface area contributed by atoms with Gasteiger partial charge in [-0.25, -0.2) is 13.4 Å². The zero-order chi connectivity index (χ0) is 15.7. The van der Waals surface area contributed by atoms with E-state index in [2.05, 4.69) is 9.88 Å². The highest BCUT2D eigenvalue weighted by molar-refractivity contribution is 7.89. The molecule has 1 aromatic carbocycles. The average Bonchev–Trinajstić information content (AvgIpc) is 3.01. The van der Waals surface area contributed by atoms with Gasteiger partial charge in [-0.1, -0.05) is 17.7 Å². The lowest BCUT2D eigenvalue weighted by Gasteiger charge is -2.34. The molecule has 0 unspecified atom stereocenters. The second-order valence-corrected chi connectivity index (χ2v) is 8.25. The van der Waals surface area contributed by atoms with Crippen molar-refractivity contribution in [1.29, 1.82) is 0 Å². The summed E-state index contributed by atoms with van der Waals surface area (Å²) in [6, 6.07) is 5.48. The van der Waals surface area contributed by atoms with Crippen LogP contribution in [0, 0.1) is 13.8 Å². The molecule has 2 aromatic rings. The molecule has 1 fully saturated rings. The number of benzene rings is 1. The Bertz CT molecular complexity index is 749. The van der Waals surface area contributed by atoms with E-state index in [1.807, 2.05) is 31.4 Å². The molecular formula is C15H19N3O2S2. The Morgan fingerprint density at radius 3 is 2.45 bits per heavy atom. The van der Waals surface area contributed by atoms with Gasteiger partial charge in [-0.15, -0.1) is 11.3 Å². The SMILES string of the molecule is Cc1ccc(S(=O)(=O)N2CCN(c3nccs3)CC2)c(C)c1. The maximum absolute atomic E-state index is 12.8. The van der Waals surface area contributed by atoms with Crippen LogP contribution in [-0.4, -0.2) is 43.9 Å². The van der Waals surface area contributed by atoms with Gasteiger partial charge in [0.05, 0.1) is 4.90 Å². The lowest BCUT2D eigenvalue weighted by molar-refractivity contribution is 0.384. The van der Waals surface area contributed by atoms with Crippen LogP contribution in [0.4, 0.5) is 5.13 Å². The number of sulfonamides is 1. The van der Waals surface area contributed by atoms with E-state index in [1.54, 1.807) is 27.9 Å². The van der Waals surface area contributed by atoms with Crippen LogP contribution in [0.3, 0.4) is 0 Å². The number of nitrogens with zero attached hydrogens (tertiary/aromatic N) is 3. The number of thiazole rings is 1. The molecule has 0 saturated carbocycles. The molecule has 0 aliphatic carbocycles. The van der Waals surface area contributed by atoms with Gasteiger partial charge >= 0.3 is 0 Å². The van der Waals surface area contributed by atoms with Gasteiger partial charge in [0.1, 0.15) is 0 Å². The van der Waals surface area contributed by atoms with E-state index >= 15 is 0 Å². The summed E-state index contributed by atoms with van der Waals surface area (Å²) < 4.78 is 27.2. The molecule has 0 radical (unpaired) electrons. The molecule has 0 atom stereocenters. The molecule has 118 valence electrons. The molecular weight excluding hydrogens is 318 g/mol. The van der Waals surface area contributed by atoms with Gasteiger partial charge in [-0.3, -0.25) is 0 Å². The number of piperazine rings is 1. The lowest BCUT2D eigenvalue weighted by Crippen LogP contribution is -2.48. The number of hydrogen-bond acceptors (Lipinski definition) is 5. The summed E-state index contributed by atoms with van der Waals surface area (Å²) in [6.45, 7) is 6.17. The van der Waals surface area contributed by atoms with Crippen LogP contribution in [0.25, 0.3) is 0 Å². The van der Waals surface area contributed by atoms with Crippen LogP contribution in [0.15, 0.2) is 34.7 Å². The first-order valence-electron chi connectivity index (χ1n) is 7.20. The molecule has 0 amide bonds. The van der Waals surface area contributed by atoms with Crippen molar-refractivity contribution < 1.29 is 8.42 Å². The van der Waals surface area contributed by atoms with Gasteiger partial charge in [0.15, 0.2) is 5.13 Å². The standard InChI is InChI=1S/C15H19N3O2S2/c1-12-3-4-14(13(2)11-12)22(19,20)18-8-6-17(7-9-18)15-16-5-10-21-15/h3-5,10-11H,6-9H2,1-2H3. The number of aromatic nitrogens is 1. The molecule has 1 aliphatic rings. The number of aryl methyl sites for hydroxylation is 2. The summed E-state index contributed by atoms with van der Waals surface area (Å²) in [5, 5.41) is 2.90. The lowest BCUT2D eigenvalue weighted by atomic mass is 10.2. The molecule has 0 spiro atoms. The number of rotatable bonds is 3. The Morgan fingerprint density at radius 1 is 1.14 bits per heavy atom. The third kappa shape index (κ3) is 2.88. The van der Waals surface area contributed by atoms with Crippen molar-refractivity contribution in [3.05, 3.63) is 40.9 Å². The zero-order valence-corrected chi connectivity index (χ0v) is 14.3. The summed E-state index contributed by atoms with van der Waals surface area (Å²) in [7, 11) is -3.41. The largest absolute Gasteiger partial charge is 0.345 e. The monoisotopic (exact) mass is 337 g/mol. The first-order chi connectivity index (χ1) is 10.5. The first-order valence-corrected chi connectivity index (χ1v) is 9.52. The Balaban J connectivity index is 1.77. The van der Waals surface area contributed by atoms with Crippen LogP contribution in [0.1, 0.15) is 11.1 Å². The second-order valence-electron chi connectivity index (χ2n) is 5.47. The van der Waals surface area contributed by atoms with Gasteiger partial charge in [-0.05, 0) is 25.5 Å². The fourth-order valence-electron chi connectivity index (χ4n) is 2.72. The molecule has 7 heteroatoms. The predicted octanol–water partition coefficient (Wildman–Crippen LogP) is 2.27. The summed E-state index contributed by atoms with van der Waals surface area (Å²) in [5.41, 5.74) is 1.88. The summed E-state index contributed by atoms with van der Waals surface area (Å²) in [4.78, 5) is 6.84. The summed E-state index contributed by atoms with van der Waals surface area (Å²) in [6.07, 6.45) is 1.78. The van der Waals surface area contributed by atoms with Crippen molar-refractivity contribution in [2.24, 2.45) is 0 Å². The van der Waals surface area contributed by atoms with E-state index in [0.717, 1.165) is 16.3 Å². The number of anilines is 1. The molecule has 5 nitrogen and oxygen atoms in total. The topological polar surface area (TPSA) is 53.5 Å². The van der Waals surface area contributed by atoms with E-state index in [0.29, 0.717) is 31.1 Å². The van der Waals surface area contributed by atoms with Gasteiger partial charge < -0.3 is 4.90 Å². The highest BCUT2D eigenvalue weighted by atomic mass is 32.2. The Kier molecular flexibility index (Phi) is 4.20. The van der Waals surface area contributed by atoms with E-state index in [-0.39, 0.29) is 0 Å². The van der Waals surface area contributed by atoms with E-state index in [1.165, 1.54) is 0 Å². The Labute approximate surface area is 135 Å². The van der Waals surface area contributed by atoms with Crippen molar-refractivity contribution >= 4 is 26.5 Å². The molecule has 1 aromatic heterocycles. The van der Waals surface area contributed by atoms with Gasteiger partial charge in [-0.2, -0.15) is 4.31 Å². The zero-order valence-electron chi connectivity index (χ0n) is 12.7. The highest BCUT2D eigenvalue weighted by Crippen LogP contribution is 2.24. The van der Waals surface area contributed by atoms with Crippen LogP contribution < -0.4 is 4.90 Å². The van der Waals surface area contributed by atoms with Crippen molar-refractivity contribution in [3.63, 3.8) is 0 Å². The fourth-order valence-corrected chi connectivity index (χ4v) is 5.04. The Hall–Kier alpha value is -1.44. The smallest absolute Gasteiger partial charge is 0.243 e. The molecule has 0 bridgehead atoms. The van der Waals surface area contributed by atoms with Crippen molar-refractivity contribution in [1.82, 2.24) is 9.29 Å². The molecule has 3 rings (SSSR count). The minimum Gasteiger partial charge on any atom is -0.345 e. The van der Waals surface area contributed by atoms with E-state index < -0.39 is 10.0 Å². The minimum absolute atomic E-state index is 0.417. The molecule has 1 saturated heterocycles. The third-order valence-electron chi connectivity index (χ3n) is 3.88. The van der Waals surface area contributed by atoms with Crippen molar-refractivity contribution in [2.45, 2.75) is 18.7 Å². The molecule has 0 N–H and O–H groups in total. The molecule has 2 heterocycles. The van der Waals surface area contributed by atoms with E-state index in [4.69, 9.17) is 0 Å². The number of hydrogen-bond donors (Lipinski definition) is 0. The maximum atomic E-state index is 12.8. The highest BCUT2D eigenvalue weighted by Gasteiger charge is 2.30. The van der Waals surface area contributed by atoms with Gasteiger partial charge in [0, 0.05) is 37.8 Å². The van der Waals surface area contributed by atoms with Gasteiger partial charge in [0.25, 0.3) is 0 Å². The van der Waals surface area contributed by atoms with Crippen LogP contribution in [0.5, 0.6) is 0 Å². The Morgan fingerprint density at radius 2 is 1.86 bits per heavy atom. The minimum atomic E-state index is -3.41. The normalized spacial score (nSPS) is 16.9. The van der Waals surface area contributed by atoms with Crippen molar-refractivity contribution in [3.8, 4) is 0 Å². The third-order valence-corrected chi connectivity index (χ3v) is 6.77. The molecule has 22 heavy (non-hydrogen) atoms. The summed E-state index contributed by atoms with van der Waals surface area (Å²) >= 11 is 1.59. The van der Waals surface area contributed by atoms with Crippen molar-refractivity contribution in [2.75, 3.05) is 31.1 Å². The van der Waals surface area contributed by atoms with Gasteiger partial charge in [0.2, 0.25) is 10.0 Å². The first kappa shape index (κ1) is 15.5. The van der Waals surface area contributed by atoms with Crippen LogP contribution in [-0.2, 0) is 10.0 Å². The maximum Gasteiger partial charge on any atom is 0.243 e. The van der Waals surface area contributed by atoms with Crippen LogP contribution in [0.2, 0.25) is 0 Å². The summed E-state index contributed by atoms with van der Waals surface area (Å²) in [5.74, 6) is 0.